The zero-order valence-corrected chi connectivity index (χ0v) is 17.0. The molecule has 0 saturated carbocycles. The number of benzene rings is 1. The minimum absolute atomic E-state index is 0.154. The second-order valence-corrected chi connectivity index (χ2v) is 6.94. The lowest BCUT2D eigenvalue weighted by atomic mass is 10.1. The van der Waals surface area contributed by atoms with Gasteiger partial charge in [0, 0.05) is 25.8 Å². The third-order valence-corrected chi connectivity index (χ3v) is 4.39. The molecule has 0 aliphatic carbocycles. The number of hydrogen-bond acceptors (Lipinski definition) is 5. The van der Waals surface area contributed by atoms with Gasteiger partial charge in [0.2, 0.25) is 0 Å². The van der Waals surface area contributed by atoms with Crippen molar-refractivity contribution in [2.75, 3.05) is 13.7 Å². The van der Waals surface area contributed by atoms with Crippen LogP contribution in [-0.2, 0) is 18.0 Å². The molecule has 0 bridgehead atoms. The van der Waals surface area contributed by atoms with Gasteiger partial charge in [0.25, 0.3) is 11.5 Å². The number of hydrogen-bond donors (Lipinski definition) is 1. The number of methoxy groups -OCH3 is 1. The fraction of sp³-hybridized carbons (Fsp3) is 0.300. The van der Waals surface area contributed by atoms with Gasteiger partial charge in [0.15, 0.2) is 0 Å². The average molecular weight is 435 g/mol. The Bertz CT molecular complexity index is 1140. The van der Waals surface area contributed by atoms with Crippen molar-refractivity contribution in [1.82, 2.24) is 24.9 Å². The molecule has 0 radical (unpaired) electrons. The van der Waals surface area contributed by atoms with Crippen molar-refractivity contribution in [2.45, 2.75) is 19.1 Å². The zero-order valence-electron chi connectivity index (χ0n) is 17.0. The van der Waals surface area contributed by atoms with Crippen molar-refractivity contribution in [1.29, 1.82) is 0 Å². The molecule has 164 valence electrons. The normalized spacial score (nSPS) is 12.6. The number of rotatable bonds is 6. The quantitative estimate of drug-likeness (QED) is 0.642. The third-order valence-electron chi connectivity index (χ3n) is 4.39. The fourth-order valence-electron chi connectivity index (χ4n) is 2.91. The molecular weight excluding hydrogens is 415 g/mol. The van der Waals surface area contributed by atoms with Crippen LogP contribution in [0.5, 0.6) is 0 Å². The molecule has 2 heterocycles. The zero-order chi connectivity index (χ0) is 22.8. The molecule has 0 spiro atoms. The highest BCUT2D eigenvalue weighted by atomic mass is 19.4. The number of nitrogens with one attached hydrogen (secondary N) is 1. The lowest BCUT2D eigenvalue weighted by Gasteiger charge is -2.14. The summed E-state index contributed by atoms with van der Waals surface area (Å²) in [4.78, 5) is 25.7. The number of halogens is 3. The summed E-state index contributed by atoms with van der Waals surface area (Å²) in [6.45, 7) is 1.94. The predicted molar refractivity (Wildman–Crippen MR) is 106 cm³/mol. The maximum absolute atomic E-state index is 13.0. The van der Waals surface area contributed by atoms with E-state index in [2.05, 4.69) is 15.5 Å². The van der Waals surface area contributed by atoms with Crippen LogP contribution in [0.3, 0.4) is 0 Å². The molecule has 1 aromatic carbocycles. The van der Waals surface area contributed by atoms with Gasteiger partial charge in [-0.1, -0.05) is 12.1 Å². The monoisotopic (exact) mass is 435 g/mol. The highest BCUT2D eigenvalue weighted by Gasteiger charge is 2.30. The largest absolute Gasteiger partial charge is 0.416 e. The van der Waals surface area contributed by atoms with Gasteiger partial charge in [-0.25, -0.2) is 0 Å². The van der Waals surface area contributed by atoms with Crippen LogP contribution >= 0.6 is 0 Å². The summed E-state index contributed by atoms with van der Waals surface area (Å²) >= 11 is 0. The summed E-state index contributed by atoms with van der Waals surface area (Å²) in [6.07, 6.45) is -1.57. The highest BCUT2D eigenvalue weighted by Crippen LogP contribution is 2.30. The van der Waals surface area contributed by atoms with E-state index in [0.717, 1.165) is 16.8 Å². The van der Waals surface area contributed by atoms with Crippen molar-refractivity contribution in [3.63, 3.8) is 0 Å². The Morgan fingerprint density at radius 2 is 1.94 bits per heavy atom. The number of amides is 1. The number of alkyl halides is 3. The summed E-state index contributed by atoms with van der Waals surface area (Å²) in [5.74, 6) is -0.650. The van der Waals surface area contributed by atoms with Gasteiger partial charge < -0.3 is 10.1 Å². The van der Waals surface area contributed by atoms with E-state index in [4.69, 9.17) is 4.74 Å². The first-order valence-corrected chi connectivity index (χ1v) is 9.21. The number of aryl methyl sites for hydroxylation is 1. The summed E-state index contributed by atoms with van der Waals surface area (Å²) in [5.41, 5.74) is -0.947. The van der Waals surface area contributed by atoms with Gasteiger partial charge in [0.05, 0.1) is 30.3 Å². The van der Waals surface area contributed by atoms with E-state index in [0.29, 0.717) is 11.3 Å². The van der Waals surface area contributed by atoms with Crippen LogP contribution in [0.25, 0.3) is 16.9 Å². The molecule has 3 rings (SSSR count). The minimum Gasteiger partial charge on any atom is -0.383 e. The van der Waals surface area contributed by atoms with Crippen molar-refractivity contribution >= 4 is 5.91 Å². The topological polar surface area (TPSA) is 91.0 Å². The molecule has 2 aromatic heterocycles. The fourth-order valence-corrected chi connectivity index (χ4v) is 2.91. The van der Waals surface area contributed by atoms with E-state index in [-0.39, 0.29) is 23.9 Å². The van der Waals surface area contributed by atoms with E-state index in [1.807, 2.05) is 0 Å². The molecule has 1 atom stereocenters. The standard InChI is InChI=1S/C20H20F3N5O3/c1-12(11-31-3)25-18(29)16-8-17(13-4-6-14(7-5-13)20(21,22)23)26-28(19(16)30)15-9-24-27(2)10-15/h4-10,12H,11H2,1-3H3,(H,25,29)/t12-/m0/s1. The summed E-state index contributed by atoms with van der Waals surface area (Å²) in [6, 6.07) is 5.18. The van der Waals surface area contributed by atoms with Crippen molar-refractivity contribution in [2.24, 2.45) is 7.05 Å². The van der Waals surface area contributed by atoms with Gasteiger partial charge >= 0.3 is 6.18 Å². The van der Waals surface area contributed by atoms with E-state index >= 15 is 0 Å². The number of carbonyl (C=O) groups is 1. The second-order valence-electron chi connectivity index (χ2n) is 6.94. The lowest BCUT2D eigenvalue weighted by molar-refractivity contribution is -0.137. The molecule has 1 amide bonds. The summed E-state index contributed by atoms with van der Waals surface area (Å²) < 4.78 is 46.1. The smallest absolute Gasteiger partial charge is 0.383 e. The second kappa shape index (κ2) is 8.72. The van der Waals surface area contributed by atoms with E-state index in [1.54, 1.807) is 14.0 Å². The Labute approximate surface area is 175 Å². The molecule has 1 N–H and O–H groups in total. The van der Waals surface area contributed by atoms with Crippen LogP contribution in [0.4, 0.5) is 13.2 Å². The maximum atomic E-state index is 13.0. The molecule has 0 aliphatic heterocycles. The van der Waals surface area contributed by atoms with Crippen LogP contribution in [0.2, 0.25) is 0 Å². The molecule has 0 aliphatic rings. The van der Waals surface area contributed by atoms with Crippen molar-refractivity contribution in [3.8, 4) is 16.9 Å². The van der Waals surface area contributed by atoms with E-state index < -0.39 is 23.2 Å². The highest BCUT2D eigenvalue weighted by molar-refractivity contribution is 5.95. The van der Waals surface area contributed by atoms with Crippen LogP contribution in [0.15, 0.2) is 47.5 Å². The number of carbonyl (C=O) groups excluding carboxylic acids is 1. The van der Waals surface area contributed by atoms with Gasteiger partial charge in [-0.15, -0.1) is 0 Å². The SMILES string of the molecule is COC[C@H](C)NC(=O)c1cc(-c2ccc(C(F)(F)F)cc2)nn(-c2cnn(C)c2)c1=O. The van der Waals surface area contributed by atoms with Crippen molar-refractivity contribution < 1.29 is 22.7 Å². The van der Waals surface area contributed by atoms with E-state index in [1.165, 1.54) is 42.4 Å². The summed E-state index contributed by atoms with van der Waals surface area (Å²) in [5, 5.41) is 10.9. The molecular formula is C20H20F3N5O3. The number of nitrogens with zero attached hydrogens (tertiary/aromatic N) is 4. The Hall–Kier alpha value is -3.47. The van der Waals surface area contributed by atoms with Gasteiger partial charge in [0.1, 0.15) is 11.3 Å². The Morgan fingerprint density at radius 3 is 2.48 bits per heavy atom. The van der Waals surface area contributed by atoms with Gasteiger partial charge in [-0.2, -0.15) is 28.1 Å². The minimum atomic E-state index is -4.48. The van der Waals surface area contributed by atoms with Crippen LogP contribution in [-0.4, -0.2) is 45.2 Å². The first-order valence-electron chi connectivity index (χ1n) is 9.21. The number of ether oxygens (including phenoxy) is 1. The van der Waals surface area contributed by atoms with Crippen molar-refractivity contribution in [3.05, 3.63) is 64.2 Å². The van der Waals surface area contributed by atoms with Crippen LogP contribution in [0, 0.1) is 0 Å². The van der Waals surface area contributed by atoms with E-state index in [9.17, 15) is 22.8 Å². The lowest BCUT2D eigenvalue weighted by Crippen LogP contribution is -2.39. The molecule has 0 fully saturated rings. The van der Waals surface area contributed by atoms with Gasteiger partial charge in [-0.3, -0.25) is 14.3 Å². The first-order chi connectivity index (χ1) is 14.6. The molecule has 0 saturated heterocycles. The Kier molecular flexibility index (Phi) is 6.25. The molecule has 3 aromatic rings. The molecule has 0 unspecified atom stereocenters. The molecule has 8 nitrogen and oxygen atoms in total. The Morgan fingerprint density at radius 1 is 1.26 bits per heavy atom. The third kappa shape index (κ3) is 5.00. The Balaban J connectivity index is 2.11. The molecule has 11 heteroatoms. The summed E-state index contributed by atoms with van der Waals surface area (Å²) in [7, 11) is 3.13. The first kappa shape index (κ1) is 22.2. The molecule has 31 heavy (non-hydrogen) atoms. The number of aromatic nitrogens is 4. The average Bonchev–Trinajstić information content (AvgIpc) is 3.13. The predicted octanol–water partition coefficient (Wildman–Crippen LogP) is 2.42. The van der Waals surface area contributed by atoms with Gasteiger partial charge in [-0.05, 0) is 25.1 Å². The van der Waals surface area contributed by atoms with Crippen LogP contribution in [0.1, 0.15) is 22.8 Å². The van der Waals surface area contributed by atoms with Crippen LogP contribution < -0.4 is 10.9 Å². The maximum Gasteiger partial charge on any atom is 0.416 e.